The standard InChI is InChI=1S/C29H28F6N2O/c1-19-8-9-22(12-20(19)2)13-26-18-36(17-21-6-4-3-5-7-21)10-11-37(26)27(38)23-14-24(28(30,31)32)16-25(15-23)29(33,34)35/h3-9,12,14-16,26H,10-11,13,17-18H2,1-2H3/t26-/m1/s1. The maximum absolute atomic E-state index is 13.5. The van der Waals surface area contributed by atoms with Gasteiger partial charge in [-0.25, -0.2) is 0 Å². The van der Waals surface area contributed by atoms with Crippen molar-refractivity contribution in [3.05, 3.63) is 106 Å². The van der Waals surface area contributed by atoms with Gasteiger partial charge in [-0.3, -0.25) is 9.69 Å². The first-order valence-electron chi connectivity index (χ1n) is 12.2. The van der Waals surface area contributed by atoms with Crippen molar-refractivity contribution in [3.63, 3.8) is 0 Å². The summed E-state index contributed by atoms with van der Waals surface area (Å²) >= 11 is 0. The van der Waals surface area contributed by atoms with Crippen LogP contribution >= 0.6 is 0 Å². The molecule has 0 N–H and O–H groups in total. The van der Waals surface area contributed by atoms with E-state index in [2.05, 4.69) is 4.90 Å². The van der Waals surface area contributed by atoms with Crippen molar-refractivity contribution in [2.45, 2.75) is 45.2 Å². The summed E-state index contributed by atoms with van der Waals surface area (Å²) in [6, 6.07) is 16.3. The van der Waals surface area contributed by atoms with Crippen LogP contribution in [0.3, 0.4) is 0 Å². The Morgan fingerprint density at radius 3 is 2.00 bits per heavy atom. The lowest BCUT2D eigenvalue weighted by atomic mass is 9.97. The van der Waals surface area contributed by atoms with Gasteiger partial charge in [-0.15, -0.1) is 0 Å². The van der Waals surface area contributed by atoms with E-state index in [1.54, 1.807) is 0 Å². The number of nitrogens with zero attached hydrogens (tertiary/aromatic N) is 2. The normalized spacial score (nSPS) is 17.1. The molecule has 0 spiro atoms. The zero-order valence-electron chi connectivity index (χ0n) is 21.0. The minimum absolute atomic E-state index is 0.0428. The molecular formula is C29H28F6N2O. The van der Waals surface area contributed by atoms with Gasteiger partial charge in [0.25, 0.3) is 5.91 Å². The molecular weight excluding hydrogens is 506 g/mol. The number of alkyl halides is 6. The molecule has 1 aliphatic heterocycles. The molecule has 9 heteroatoms. The summed E-state index contributed by atoms with van der Waals surface area (Å²) in [4.78, 5) is 17.1. The molecule has 4 rings (SSSR count). The highest BCUT2D eigenvalue weighted by Gasteiger charge is 2.39. The smallest absolute Gasteiger partial charge is 0.333 e. The van der Waals surface area contributed by atoms with Crippen LogP contribution in [-0.2, 0) is 25.3 Å². The van der Waals surface area contributed by atoms with Crippen LogP contribution in [0.2, 0.25) is 0 Å². The summed E-state index contributed by atoms with van der Waals surface area (Å²) in [6.45, 7) is 5.61. The van der Waals surface area contributed by atoms with Gasteiger partial charge in [0.05, 0.1) is 11.1 Å². The van der Waals surface area contributed by atoms with Gasteiger partial charge in [0.1, 0.15) is 0 Å². The first-order chi connectivity index (χ1) is 17.8. The average Bonchev–Trinajstić information content (AvgIpc) is 2.85. The Kier molecular flexibility index (Phi) is 7.88. The maximum atomic E-state index is 13.5. The maximum Gasteiger partial charge on any atom is 0.416 e. The van der Waals surface area contributed by atoms with Gasteiger partial charge in [-0.05, 0) is 60.7 Å². The van der Waals surface area contributed by atoms with Gasteiger partial charge >= 0.3 is 12.4 Å². The average molecular weight is 535 g/mol. The van der Waals surface area contributed by atoms with Gasteiger partial charge in [0.2, 0.25) is 0 Å². The van der Waals surface area contributed by atoms with Crippen molar-refractivity contribution < 1.29 is 31.1 Å². The summed E-state index contributed by atoms with van der Waals surface area (Å²) in [5, 5.41) is 0. The molecule has 0 bridgehead atoms. The molecule has 0 saturated carbocycles. The Morgan fingerprint density at radius 2 is 1.42 bits per heavy atom. The first-order valence-corrected chi connectivity index (χ1v) is 12.2. The topological polar surface area (TPSA) is 23.6 Å². The molecule has 0 aliphatic carbocycles. The van der Waals surface area contributed by atoms with E-state index in [0.29, 0.717) is 38.2 Å². The minimum atomic E-state index is -5.02. The third-order valence-corrected chi connectivity index (χ3v) is 6.95. The summed E-state index contributed by atoms with van der Waals surface area (Å²) < 4.78 is 80.6. The number of carbonyl (C=O) groups excluding carboxylic acids is 1. The number of carbonyl (C=O) groups is 1. The van der Waals surface area contributed by atoms with Crippen LogP contribution in [0, 0.1) is 13.8 Å². The summed E-state index contributed by atoms with van der Waals surface area (Å²) in [5.74, 6) is -0.838. The lowest BCUT2D eigenvalue weighted by Crippen LogP contribution is -2.55. The second-order valence-electron chi connectivity index (χ2n) is 9.79. The molecule has 3 nitrogen and oxygen atoms in total. The van der Waals surface area contributed by atoms with Crippen LogP contribution in [0.5, 0.6) is 0 Å². The Morgan fingerprint density at radius 1 is 0.789 bits per heavy atom. The Balaban J connectivity index is 1.67. The molecule has 202 valence electrons. The van der Waals surface area contributed by atoms with Crippen molar-refractivity contribution in [2.75, 3.05) is 19.6 Å². The Bertz CT molecular complexity index is 1250. The largest absolute Gasteiger partial charge is 0.416 e. The second kappa shape index (κ2) is 10.8. The van der Waals surface area contributed by atoms with Gasteiger partial charge in [0, 0.05) is 37.8 Å². The highest BCUT2D eigenvalue weighted by molar-refractivity contribution is 5.95. The molecule has 1 saturated heterocycles. The van der Waals surface area contributed by atoms with E-state index in [1.807, 2.05) is 62.4 Å². The number of aryl methyl sites for hydroxylation is 2. The number of benzene rings is 3. The summed E-state index contributed by atoms with van der Waals surface area (Å²) in [5.41, 5.74) is 0.564. The lowest BCUT2D eigenvalue weighted by Gasteiger charge is -2.42. The van der Waals surface area contributed by atoms with Crippen LogP contribution < -0.4 is 0 Å². The van der Waals surface area contributed by atoms with Crippen molar-refractivity contribution >= 4 is 5.91 Å². The van der Waals surface area contributed by atoms with E-state index in [4.69, 9.17) is 0 Å². The van der Waals surface area contributed by atoms with Crippen molar-refractivity contribution in [1.29, 1.82) is 0 Å². The van der Waals surface area contributed by atoms with Gasteiger partial charge in [-0.2, -0.15) is 26.3 Å². The Labute approximate surface area is 217 Å². The fourth-order valence-corrected chi connectivity index (χ4v) is 4.79. The molecule has 0 aromatic heterocycles. The molecule has 1 heterocycles. The van der Waals surface area contributed by atoms with Gasteiger partial charge in [-0.1, -0.05) is 48.5 Å². The minimum Gasteiger partial charge on any atom is -0.333 e. The van der Waals surface area contributed by atoms with Crippen molar-refractivity contribution in [2.24, 2.45) is 0 Å². The SMILES string of the molecule is Cc1ccc(C[C@@H]2CN(Cc3ccccc3)CCN2C(=O)c2cc(C(F)(F)F)cc(C(F)(F)F)c2)cc1C. The third-order valence-electron chi connectivity index (χ3n) is 6.95. The third kappa shape index (κ3) is 6.56. The number of amides is 1. The molecule has 1 fully saturated rings. The number of rotatable bonds is 5. The lowest BCUT2D eigenvalue weighted by molar-refractivity contribution is -0.143. The zero-order valence-corrected chi connectivity index (χ0v) is 21.0. The zero-order chi connectivity index (χ0) is 27.7. The molecule has 1 aliphatic rings. The van der Waals surface area contributed by atoms with Crippen molar-refractivity contribution in [3.8, 4) is 0 Å². The highest BCUT2D eigenvalue weighted by atomic mass is 19.4. The van der Waals surface area contributed by atoms with E-state index in [-0.39, 0.29) is 12.6 Å². The summed E-state index contributed by atoms with van der Waals surface area (Å²) in [7, 11) is 0. The molecule has 3 aromatic rings. The van der Waals surface area contributed by atoms with Crippen LogP contribution in [0.25, 0.3) is 0 Å². The van der Waals surface area contributed by atoms with E-state index < -0.39 is 41.0 Å². The fourth-order valence-electron chi connectivity index (χ4n) is 4.79. The van der Waals surface area contributed by atoms with Gasteiger partial charge < -0.3 is 4.90 Å². The van der Waals surface area contributed by atoms with Crippen molar-refractivity contribution in [1.82, 2.24) is 9.80 Å². The predicted octanol–water partition coefficient (Wildman–Crippen LogP) is 6.91. The first kappa shape index (κ1) is 27.7. The molecule has 0 radical (unpaired) electrons. The molecule has 1 amide bonds. The Hall–Kier alpha value is -3.33. The molecule has 3 aromatic carbocycles. The molecule has 0 unspecified atom stereocenters. The summed E-state index contributed by atoms with van der Waals surface area (Å²) in [6.07, 6.45) is -9.63. The van der Waals surface area contributed by atoms with Gasteiger partial charge in [0.15, 0.2) is 0 Å². The number of piperazine rings is 1. The number of hydrogen-bond acceptors (Lipinski definition) is 2. The fraction of sp³-hybridized carbons (Fsp3) is 0.345. The second-order valence-corrected chi connectivity index (χ2v) is 9.79. The van der Waals surface area contributed by atoms with E-state index in [1.165, 1.54) is 4.90 Å². The quantitative estimate of drug-likeness (QED) is 0.332. The monoisotopic (exact) mass is 534 g/mol. The van der Waals surface area contributed by atoms with E-state index in [9.17, 15) is 31.1 Å². The molecule has 38 heavy (non-hydrogen) atoms. The molecule has 1 atom stereocenters. The highest BCUT2D eigenvalue weighted by Crippen LogP contribution is 2.37. The van der Waals surface area contributed by atoms with Crippen LogP contribution in [0.1, 0.15) is 43.7 Å². The predicted molar refractivity (Wildman–Crippen MR) is 133 cm³/mol. The van der Waals surface area contributed by atoms with E-state index in [0.717, 1.165) is 22.3 Å². The van der Waals surface area contributed by atoms with Crippen LogP contribution in [0.4, 0.5) is 26.3 Å². The van der Waals surface area contributed by atoms with Crippen LogP contribution in [-0.4, -0.2) is 41.4 Å². The number of halogens is 6. The van der Waals surface area contributed by atoms with E-state index >= 15 is 0 Å². The number of hydrogen-bond donors (Lipinski definition) is 0. The van der Waals surface area contributed by atoms with Crippen LogP contribution in [0.15, 0.2) is 66.7 Å².